The highest BCUT2D eigenvalue weighted by atomic mass is 16.5. The van der Waals surface area contributed by atoms with Crippen molar-refractivity contribution in [2.75, 3.05) is 7.11 Å². The van der Waals surface area contributed by atoms with Crippen molar-refractivity contribution < 1.29 is 19.1 Å². The number of carbonyl (C=O) groups excluding carboxylic acids is 2. The molecule has 7 heteroatoms. The van der Waals surface area contributed by atoms with E-state index in [2.05, 4.69) is 15.0 Å². The number of ketones is 1. The zero-order valence-electron chi connectivity index (χ0n) is 13.6. The van der Waals surface area contributed by atoms with Gasteiger partial charge in [-0.15, -0.1) is 0 Å². The first-order valence-electron chi connectivity index (χ1n) is 7.60. The molecule has 0 fully saturated rings. The lowest BCUT2D eigenvalue weighted by Gasteiger charge is -2.19. The van der Waals surface area contributed by atoms with E-state index in [1.54, 1.807) is 30.6 Å². The highest BCUT2D eigenvalue weighted by Gasteiger charge is 2.30. The molecule has 1 aliphatic rings. The van der Waals surface area contributed by atoms with Gasteiger partial charge in [0.05, 0.1) is 12.8 Å². The third kappa shape index (κ3) is 2.32. The second-order valence-corrected chi connectivity index (χ2v) is 5.57. The summed E-state index contributed by atoms with van der Waals surface area (Å²) < 4.78 is 10.2. The van der Waals surface area contributed by atoms with Gasteiger partial charge >= 0.3 is 5.97 Å². The average molecular weight is 335 g/mol. The summed E-state index contributed by atoms with van der Waals surface area (Å²) in [7, 11) is 1.49. The van der Waals surface area contributed by atoms with E-state index in [-0.39, 0.29) is 29.7 Å². The zero-order valence-corrected chi connectivity index (χ0v) is 13.6. The smallest absolute Gasteiger partial charge is 0.302 e. The van der Waals surface area contributed by atoms with Gasteiger partial charge in [-0.25, -0.2) is 4.98 Å². The maximum atomic E-state index is 12.8. The SMILES string of the molecule is COc1ccc2c(n1)C(=O)c1nccc3c(COC(C)=O)cnc-2c13. The Kier molecular flexibility index (Phi) is 3.42. The van der Waals surface area contributed by atoms with Crippen molar-refractivity contribution in [2.45, 2.75) is 13.5 Å². The molecule has 3 aromatic rings. The second-order valence-electron chi connectivity index (χ2n) is 5.57. The van der Waals surface area contributed by atoms with E-state index in [0.29, 0.717) is 22.5 Å². The Hall–Kier alpha value is -3.35. The molecule has 124 valence electrons. The van der Waals surface area contributed by atoms with Crippen LogP contribution in [0.25, 0.3) is 22.0 Å². The molecule has 0 amide bonds. The van der Waals surface area contributed by atoms with Crippen LogP contribution in [0, 0.1) is 0 Å². The molecular weight excluding hydrogens is 322 g/mol. The summed E-state index contributed by atoms with van der Waals surface area (Å²) in [4.78, 5) is 36.9. The molecule has 3 heterocycles. The predicted molar refractivity (Wildman–Crippen MR) is 88.2 cm³/mol. The van der Waals surface area contributed by atoms with Crippen LogP contribution in [0.2, 0.25) is 0 Å². The average Bonchev–Trinajstić information content (AvgIpc) is 2.64. The standard InChI is InChI=1S/C18H13N3O4/c1-9(22)25-8-10-7-20-15-12-3-4-13(24-2)21-16(12)18(23)17-14(15)11(10)5-6-19-17/h3-7H,8H2,1-2H3. The molecule has 0 aromatic carbocycles. The second kappa shape index (κ2) is 5.62. The summed E-state index contributed by atoms with van der Waals surface area (Å²) in [6, 6.07) is 5.24. The van der Waals surface area contributed by atoms with E-state index >= 15 is 0 Å². The number of hydrogen-bond donors (Lipinski definition) is 0. The van der Waals surface area contributed by atoms with Crippen molar-refractivity contribution in [3.05, 3.63) is 47.5 Å². The molecule has 0 radical (unpaired) electrons. The van der Waals surface area contributed by atoms with E-state index in [9.17, 15) is 9.59 Å². The Balaban J connectivity index is 1.98. The van der Waals surface area contributed by atoms with E-state index in [4.69, 9.17) is 9.47 Å². The molecule has 3 aromatic heterocycles. The number of pyridine rings is 3. The molecule has 0 unspecified atom stereocenters. The number of esters is 1. The quantitative estimate of drug-likeness (QED) is 0.530. The van der Waals surface area contributed by atoms with E-state index in [0.717, 1.165) is 10.9 Å². The van der Waals surface area contributed by atoms with Gasteiger partial charge in [-0.05, 0) is 17.5 Å². The van der Waals surface area contributed by atoms with Crippen molar-refractivity contribution in [2.24, 2.45) is 0 Å². The predicted octanol–water partition coefficient (Wildman–Crippen LogP) is 2.31. The lowest BCUT2D eigenvalue weighted by Crippen LogP contribution is -2.15. The van der Waals surface area contributed by atoms with Crippen molar-refractivity contribution >= 4 is 22.5 Å². The van der Waals surface area contributed by atoms with Gasteiger partial charge in [0.25, 0.3) is 0 Å². The number of ether oxygens (including phenoxy) is 2. The number of aromatic nitrogens is 3. The molecule has 0 atom stereocenters. The van der Waals surface area contributed by atoms with Crippen LogP contribution in [-0.2, 0) is 16.1 Å². The summed E-state index contributed by atoms with van der Waals surface area (Å²) in [6.45, 7) is 1.43. The Bertz CT molecular complexity index is 1050. The number of nitrogens with zero attached hydrogens (tertiary/aromatic N) is 3. The summed E-state index contributed by atoms with van der Waals surface area (Å²) in [5, 5.41) is 1.43. The highest BCUT2D eigenvalue weighted by molar-refractivity contribution is 6.23. The van der Waals surface area contributed by atoms with Crippen molar-refractivity contribution in [1.29, 1.82) is 0 Å². The summed E-state index contributed by atoms with van der Waals surface area (Å²) >= 11 is 0. The van der Waals surface area contributed by atoms with Gasteiger partial charge in [0.2, 0.25) is 11.7 Å². The third-order valence-corrected chi connectivity index (χ3v) is 4.08. The minimum absolute atomic E-state index is 0.0878. The van der Waals surface area contributed by atoms with Crippen LogP contribution in [0.4, 0.5) is 0 Å². The number of carbonyl (C=O) groups is 2. The van der Waals surface area contributed by atoms with Crippen LogP contribution in [-0.4, -0.2) is 33.8 Å². The summed E-state index contributed by atoms with van der Waals surface area (Å²) in [6.07, 6.45) is 3.20. The van der Waals surface area contributed by atoms with Crippen molar-refractivity contribution in [1.82, 2.24) is 15.0 Å². The number of hydrogen-bond acceptors (Lipinski definition) is 7. The minimum Gasteiger partial charge on any atom is -0.481 e. The number of methoxy groups -OCH3 is 1. The van der Waals surface area contributed by atoms with Gasteiger partial charge in [0.1, 0.15) is 18.0 Å². The first kappa shape index (κ1) is 15.2. The molecule has 4 rings (SSSR count). The minimum atomic E-state index is -0.378. The Morgan fingerprint density at radius 2 is 1.96 bits per heavy atom. The van der Waals surface area contributed by atoms with Gasteiger partial charge in [0, 0.05) is 41.9 Å². The topological polar surface area (TPSA) is 91.3 Å². The molecule has 0 saturated carbocycles. The molecule has 0 N–H and O–H groups in total. The summed E-state index contributed by atoms with van der Waals surface area (Å²) in [5.74, 6) is -0.302. The maximum absolute atomic E-state index is 12.8. The molecule has 0 aliphatic heterocycles. The molecule has 25 heavy (non-hydrogen) atoms. The van der Waals surface area contributed by atoms with Crippen LogP contribution in [0.3, 0.4) is 0 Å². The molecule has 0 spiro atoms. The molecular formula is C18H13N3O4. The lowest BCUT2D eigenvalue weighted by atomic mass is 9.91. The third-order valence-electron chi connectivity index (χ3n) is 4.08. The Morgan fingerprint density at radius 3 is 2.72 bits per heavy atom. The van der Waals surface area contributed by atoms with Gasteiger partial charge in [-0.1, -0.05) is 0 Å². The lowest BCUT2D eigenvalue weighted by molar-refractivity contribution is -0.142. The van der Waals surface area contributed by atoms with Crippen LogP contribution < -0.4 is 4.74 Å². The van der Waals surface area contributed by atoms with Crippen LogP contribution in [0.1, 0.15) is 28.7 Å². The van der Waals surface area contributed by atoms with Crippen molar-refractivity contribution in [3.63, 3.8) is 0 Å². The number of fused-ring (bicyclic) bond motifs is 2. The first-order chi connectivity index (χ1) is 12.1. The van der Waals surface area contributed by atoms with Crippen LogP contribution in [0.15, 0.2) is 30.6 Å². The zero-order chi connectivity index (χ0) is 17.6. The fraction of sp³-hybridized carbons (Fsp3) is 0.167. The Morgan fingerprint density at radius 1 is 1.12 bits per heavy atom. The maximum Gasteiger partial charge on any atom is 0.302 e. The van der Waals surface area contributed by atoms with E-state index in [1.165, 1.54) is 14.0 Å². The molecule has 0 saturated heterocycles. The van der Waals surface area contributed by atoms with Gasteiger partial charge < -0.3 is 9.47 Å². The Labute approximate surface area is 142 Å². The first-order valence-corrected chi connectivity index (χ1v) is 7.60. The van der Waals surface area contributed by atoms with Gasteiger partial charge in [-0.2, -0.15) is 0 Å². The van der Waals surface area contributed by atoms with E-state index in [1.807, 2.05) is 0 Å². The fourth-order valence-corrected chi connectivity index (χ4v) is 2.95. The van der Waals surface area contributed by atoms with Crippen LogP contribution in [0.5, 0.6) is 5.88 Å². The highest BCUT2D eigenvalue weighted by Crippen LogP contribution is 2.38. The van der Waals surface area contributed by atoms with Gasteiger partial charge in [-0.3, -0.25) is 19.6 Å². The van der Waals surface area contributed by atoms with Gasteiger partial charge in [0.15, 0.2) is 0 Å². The largest absolute Gasteiger partial charge is 0.481 e. The molecule has 0 bridgehead atoms. The molecule has 7 nitrogen and oxygen atoms in total. The fourth-order valence-electron chi connectivity index (χ4n) is 2.95. The van der Waals surface area contributed by atoms with Crippen molar-refractivity contribution in [3.8, 4) is 17.1 Å². The van der Waals surface area contributed by atoms with E-state index < -0.39 is 0 Å². The molecule has 1 aliphatic carbocycles. The number of rotatable bonds is 3. The van der Waals surface area contributed by atoms with Crippen LogP contribution >= 0.6 is 0 Å². The summed E-state index contributed by atoms with van der Waals surface area (Å²) in [5.41, 5.74) is 2.55. The normalized spacial score (nSPS) is 12.0. The monoisotopic (exact) mass is 335 g/mol.